The van der Waals surface area contributed by atoms with Crippen molar-refractivity contribution in [2.45, 2.75) is 11.2 Å². The molecule has 1 aliphatic rings. The van der Waals surface area contributed by atoms with Gasteiger partial charge in [-0.15, -0.1) is 0 Å². The van der Waals surface area contributed by atoms with Crippen molar-refractivity contribution in [1.82, 2.24) is 4.90 Å². The first-order valence-electron chi connectivity index (χ1n) is 4.81. The summed E-state index contributed by atoms with van der Waals surface area (Å²) in [5.41, 5.74) is 5.58. The Morgan fingerprint density at radius 1 is 1.79 bits per heavy atom. The van der Waals surface area contributed by atoms with Gasteiger partial charge in [-0.05, 0) is 25.4 Å². The van der Waals surface area contributed by atoms with E-state index >= 15 is 0 Å². The smallest absolute Gasteiger partial charge is 0.320 e. The summed E-state index contributed by atoms with van der Waals surface area (Å²) in [5.74, 6) is 0.383. The summed E-state index contributed by atoms with van der Waals surface area (Å²) in [6.07, 6.45) is 1.14. The van der Waals surface area contributed by atoms with Crippen molar-refractivity contribution in [3.8, 4) is 0 Å². The Kier molecular flexibility index (Phi) is 4.84. The first-order chi connectivity index (χ1) is 6.67. The molecule has 1 aliphatic heterocycles. The molecule has 0 amide bonds. The maximum absolute atomic E-state index is 11.1. The molecule has 4 nitrogen and oxygen atoms in total. The first-order valence-corrected chi connectivity index (χ1v) is 5.73. The molecule has 0 spiro atoms. The second kappa shape index (κ2) is 5.68. The summed E-state index contributed by atoms with van der Waals surface area (Å²) in [4.78, 5) is 13.2. The molecule has 1 heterocycles. The lowest BCUT2D eigenvalue weighted by atomic mass is 10.1. The van der Waals surface area contributed by atoms with Crippen LogP contribution in [0.4, 0.5) is 0 Å². The molecule has 1 rings (SSSR count). The van der Waals surface area contributed by atoms with E-state index in [2.05, 4.69) is 25.6 Å². The van der Waals surface area contributed by atoms with E-state index in [0.29, 0.717) is 12.5 Å². The molecule has 0 saturated carbocycles. The van der Waals surface area contributed by atoms with Crippen molar-refractivity contribution in [3.63, 3.8) is 0 Å². The van der Waals surface area contributed by atoms with E-state index in [1.54, 1.807) is 0 Å². The fraction of sp³-hybridized carbons (Fsp3) is 0.889. The third kappa shape index (κ3) is 3.22. The quantitative estimate of drug-likeness (QED) is 0.583. The van der Waals surface area contributed by atoms with E-state index in [1.807, 2.05) is 0 Å². The number of ether oxygens (including phenoxy) is 1. The van der Waals surface area contributed by atoms with Crippen LogP contribution in [0.1, 0.15) is 6.42 Å². The molecule has 2 N–H and O–H groups in total. The van der Waals surface area contributed by atoms with Crippen molar-refractivity contribution in [3.05, 3.63) is 0 Å². The monoisotopic (exact) mass is 264 g/mol. The lowest BCUT2D eigenvalue weighted by molar-refractivity contribution is -0.140. The Morgan fingerprint density at radius 3 is 3.00 bits per heavy atom. The van der Waals surface area contributed by atoms with Gasteiger partial charge in [0.1, 0.15) is 4.83 Å². The van der Waals surface area contributed by atoms with Crippen LogP contribution in [-0.4, -0.2) is 49.0 Å². The number of hydrogen-bond donors (Lipinski definition) is 1. The van der Waals surface area contributed by atoms with E-state index in [4.69, 9.17) is 5.73 Å². The minimum Gasteiger partial charge on any atom is -0.468 e. The van der Waals surface area contributed by atoms with Crippen molar-refractivity contribution >= 4 is 21.9 Å². The number of carbonyl (C=O) groups is 1. The number of hydrogen-bond acceptors (Lipinski definition) is 4. The molecule has 82 valence electrons. The van der Waals surface area contributed by atoms with Crippen LogP contribution in [0, 0.1) is 5.92 Å². The third-order valence-electron chi connectivity index (χ3n) is 2.58. The summed E-state index contributed by atoms with van der Waals surface area (Å²) in [7, 11) is 1.41. The maximum atomic E-state index is 11.1. The van der Waals surface area contributed by atoms with E-state index < -0.39 is 0 Å². The van der Waals surface area contributed by atoms with Crippen molar-refractivity contribution in [1.29, 1.82) is 0 Å². The Labute approximate surface area is 92.9 Å². The average Bonchev–Trinajstić information content (AvgIpc) is 2.64. The second-order valence-corrected chi connectivity index (χ2v) is 4.75. The van der Waals surface area contributed by atoms with Crippen LogP contribution < -0.4 is 5.73 Å². The predicted octanol–water partition coefficient (Wildman–Crippen LogP) is 0.203. The number of carbonyl (C=O) groups excluding carboxylic acids is 1. The van der Waals surface area contributed by atoms with E-state index in [1.165, 1.54) is 7.11 Å². The highest BCUT2D eigenvalue weighted by molar-refractivity contribution is 9.10. The van der Waals surface area contributed by atoms with Gasteiger partial charge in [-0.1, -0.05) is 15.9 Å². The van der Waals surface area contributed by atoms with Crippen molar-refractivity contribution in [2.24, 2.45) is 11.7 Å². The Morgan fingerprint density at radius 2 is 2.50 bits per heavy atom. The van der Waals surface area contributed by atoms with Crippen LogP contribution in [0.5, 0.6) is 0 Å². The van der Waals surface area contributed by atoms with Crippen molar-refractivity contribution in [2.75, 3.05) is 33.3 Å². The minimum absolute atomic E-state index is 0.207. The van der Waals surface area contributed by atoms with Gasteiger partial charge in [0.15, 0.2) is 0 Å². The SMILES string of the molecule is COC(=O)C(Br)CN1CCC(CN)C1. The topological polar surface area (TPSA) is 55.6 Å². The number of halogens is 1. The molecule has 0 aromatic carbocycles. The van der Waals surface area contributed by atoms with E-state index in [0.717, 1.165) is 26.1 Å². The molecule has 2 atom stereocenters. The summed E-state index contributed by atoms with van der Waals surface area (Å²) in [6, 6.07) is 0. The third-order valence-corrected chi connectivity index (χ3v) is 3.24. The zero-order valence-corrected chi connectivity index (χ0v) is 10.00. The second-order valence-electron chi connectivity index (χ2n) is 3.64. The van der Waals surface area contributed by atoms with E-state index in [9.17, 15) is 4.79 Å². The number of methoxy groups -OCH3 is 1. The highest BCUT2D eigenvalue weighted by atomic mass is 79.9. The van der Waals surface area contributed by atoms with Crippen LogP contribution in [0.15, 0.2) is 0 Å². The lowest BCUT2D eigenvalue weighted by Crippen LogP contribution is -2.33. The zero-order valence-electron chi connectivity index (χ0n) is 8.41. The molecule has 2 unspecified atom stereocenters. The summed E-state index contributed by atoms with van der Waals surface area (Å²) < 4.78 is 4.64. The highest BCUT2D eigenvalue weighted by Crippen LogP contribution is 2.16. The predicted molar refractivity (Wildman–Crippen MR) is 58.3 cm³/mol. The van der Waals surface area contributed by atoms with Crippen molar-refractivity contribution < 1.29 is 9.53 Å². The number of esters is 1. The summed E-state index contributed by atoms with van der Waals surface area (Å²) >= 11 is 3.31. The fourth-order valence-corrected chi connectivity index (χ4v) is 2.30. The van der Waals surface area contributed by atoms with E-state index in [-0.39, 0.29) is 10.8 Å². The molecule has 1 saturated heterocycles. The van der Waals surface area contributed by atoms with Crippen LogP contribution in [0.25, 0.3) is 0 Å². The Hall–Kier alpha value is -0.130. The lowest BCUT2D eigenvalue weighted by Gasteiger charge is -2.17. The van der Waals surface area contributed by atoms with Gasteiger partial charge in [-0.25, -0.2) is 0 Å². The highest BCUT2D eigenvalue weighted by Gasteiger charge is 2.25. The van der Waals surface area contributed by atoms with Crippen LogP contribution in [-0.2, 0) is 9.53 Å². The molecule has 0 aromatic heterocycles. The van der Waals surface area contributed by atoms with Gasteiger partial charge in [0.2, 0.25) is 0 Å². The minimum atomic E-state index is -0.218. The molecular formula is C9H17BrN2O2. The number of rotatable bonds is 4. The summed E-state index contributed by atoms with van der Waals surface area (Å²) in [5, 5.41) is 0. The number of nitrogens with two attached hydrogens (primary N) is 1. The average molecular weight is 265 g/mol. The Bertz CT molecular complexity index is 201. The Balaban J connectivity index is 2.28. The van der Waals surface area contributed by atoms with Gasteiger partial charge in [0.25, 0.3) is 0 Å². The standard InChI is InChI=1S/C9H17BrN2O2/c1-14-9(13)8(10)6-12-3-2-7(4-11)5-12/h7-8H,2-6,11H2,1H3. The largest absolute Gasteiger partial charge is 0.468 e. The van der Waals surface area contributed by atoms with Crippen LogP contribution in [0.2, 0.25) is 0 Å². The number of nitrogens with zero attached hydrogens (tertiary/aromatic N) is 1. The molecule has 0 bridgehead atoms. The molecule has 0 aromatic rings. The molecule has 0 aliphatic carbocycles. The zero-order chi connectivity index (χ0) is 10.6. The van der Waals surface area contributed by atoms with Crippen LogP contribution in [0.3, 0.4) is 0 Å². The van der Waals surface area contributed by atoms with Gasteiger partial charge < -0.3 is 15.4 Å². The van der Waals surface area contributed by atoms with Gasteiger partial charge in [0, 0.05) is 13.1 Å². The molecular weight excluding hydrogens is 248 g/mol. The number of likely N-dealkylation sites (tertiary alicyclic amines) is 1. The van der Waals surface area contributed by atoms with Gasteiger partial charge >= 0.3 is 5.97 Å². The molecule has 0 radical (unpaired) electrons. The molecule has 5 heteroatoms. The first kappa shape index (κ1) is 11.9. The van der Waals surface area contributed by atoms with Crippen LogP contribution >= 0.6 is 15.9 Å². The molecule has 14 heavy (non-hydrogen) atoms. The molecule has 1 fully saturated rings. The number of alkyl halides is 1. The maximum Gasteiger partial charge on any atom is 0.320 e. The van der Waals surface area contributed by atoms with Gasteiger partial charge in [-0.2, -0.15) is 0 Å². The fourth-order valence-electron chi connectivity index (χ4n) is 1.70. The van der Waals surface area contributed by atoms with Gasteiger partial charge in [-0.3, -0.25) is 4.79 Å². The normalized spacial score (nSPS) is 24.9. The van der Waals surface area contributed by atoms with Gasteiger partial charge in [0.05, 0.1) is 7.11 Å². The summed E-state index contributed by atoms with van der Waals surface area (Å²) in [6.45, 7) is 3.47.